The molecule has 1 N–H and O–H groups in total. The first-order valence-corrected chi connectivity index (χ1v) is 8.78. The number of hydrogen-bond acceptors (Lipinski definition) is 5. The highest BCUT2D eigenvalue weighted by atomic mass is 16.5. The van der Waals surface area contributed by atoms with Gasteiger partial charge in [-0.25, -0.2) is 4.57 Å². The molecule has 7 nitrogen and oxygen atoms in total. The van der Waals surface area contributed by atoms with E-state index in [-0.39, 0.29) is 21.5 Å². The maximum Gasteiger partial charge on any atom is 0.266 e. The van der Waals surface area contributed by atoms with E-state index in [0.717, 1.165) is 4.57 Å². The van der Waals surface area contributed by atoms with Crippen LogP contribution in [0.25, 0.3) is 27.2 Å². The molecule has 2 heterocycles. The zero-order chi connectivity index (χ0) is 20.1. The van der Waals surface area contributed by atoms with Crippen molar-refractivity contribution in [3.05, 3.63) is 108 Å². The van der Waals surface area contributed by atoms with Crippen LogP contribution in [-0.2, 0) is 0 Å². The summed E-state index contributed by atoms with van der Waals surface area (Å²) in [6.45, 7) is 0. The lowest BCUT2D eigenvalue weighted by Gasteiger charge is -2.06. The van der Waals surface area contributed by atoms with E-state index in [0.29, 0.717) is 17.2 Å². The van der Waals surface area contributed by atoms with Gasteiger partial charge in [-0.1, -0.05) is 18.2 Å². The summed E-state index contributed by atoms with van der Waals surface area (Å²) >= 11 is 0. The van der Waals surface area contributed by atoms with Gasteiger partial charge < -0.3 is 4.74 Å². The summed E-state index contributed by atoms with van der Waals surface area (Å²) in [5, 5.41) is 0.401. The Morgan fingerprint density at radius 2 is 1.14 bits per heavy atom. The van der Waals surface area contributed by atoms with Gasteiger partial charge in [0.2, 0.25) is 0 Å². The lowest BCUT2D eigenvalue weighted by Crippen LogP contribution is -2.23. The summed E-state index contributed by atoms with van der Waals surface area (Å²) in [4.78, 5) is 51.5. The maximum absolute atomic E-state index is 12.8. The molecule has 0 saturated carbocycles. The van der Waals surface area contributed by atoms with E-state index in [9.17, 15) is 19.2 Å². The number of rotatable bonds is 3. The van der Waals surface area contributed by atoms with Gasteiger partial charge in [-0.15, -0.1) is 0 Å². The Labute approximate surface area is 161 Å². The monoisotopic (exact) mass is 384 g/mol. The summed E-state index contributed by atoms with van der Waals surface area (Å²) in [5.74, 6) is 1.22. The van der Waals surface area contributed by atoms with Gasteiger partial charge in [-0.2, -0.15) is 0 Å². The maximum atomic E-state index is 12.8. The Kier molecular flexibility index (Phi) is 3.57. The van der Waals surface area contributed by atoms with E-state index in [1.165, 1.54) is 12.1 Å². The molecule has 5 rings (SSSR count). The third-order valence-corrected chi connectivity index (χ3v) is 4.81. The average molecular weight is 384 g/mol. The largest absolute Gasteiger partial charge is 0.457 e. The third kappa shape index (κ3) is 2.60. The van der Waals surface area contributed by atoms with Gasteiger partial charge in [0.15, 0.2) is 0 Å². The molecule has 0 aliphatic heterocycles. The summed E-state index contributed by atoms with van der Waals surface area (Å²) < 4.78 is 6.74. The number of hydrogen-bond donors (Lipinski definition) is 1. The number of H-pyrrole nitrogens is 1. The van der Waals surface area contributed by atoms with E-state index in [2.05, 4.69) is 4.98 Å². The van der Waals surface area contributed by atoms with Crippen molar-refractivity contribution in [2.75, 3.05) is 0 Å². The second-order valence-electron chi connectivity index (χ2n) is 6.58. The van der Waals surface area contributed by atoms with Gasteiger partial charge in [0.25, 0.3) is 22.2 Å². The Hall–Kier alpha value is -4.26. The van der Waals surface area contributed by atoms with Crippen LogP contribution in [0.15, 0.2) is 85.9 Å². The topological polar surface area (TPSA) is 98.2 Å². The Morgan fingerprint density at radius 1 is 0.621 bits per heavy atom. The van der Waals surface area contributed by atoms with Crippen molar-refractivity contribution >= 4 is 21.5 Å². The van der Waals surface area contributed by atoms with Gasteiger partial charge in [-0.05, 0) is 48.5 Å². The van der Waals surface area contributed by atoms with E-state index in [1.54, 1.807) is 24.3 Å². The smallest absolute Gasteiger partial charge is 0.266 e. The van der Waals surface area contributed by atoms with Crippen molar-refractivity contribution in [3.8, 4) is 17.2 Å². The van der Waals surface area contributed by atoms with Gasteiger partial charge >= 0.3 is 0 Å². The minimum absolute atomic E-state index is 0.100. The molecule has 0 radical (unpaired) electrons. The number of nitrogens with one attached hydrogen (secondary N) is 1. The number of benzene rings is 3. The Morgan fingerprint density at radius 3 is 1.69 bits per heavy atom. The highest BCUT2D eigenvalue weighted by molar-refractivity contribution is 5.97. The predicted octanol–water partition coefficient (Wildman–Crippen LogP) is 2.22. The fourth-order valence-corrected chi connectivity index (χ4v) is 3.42. The highest BCUT2D eigenvalue weighted by Crippen LogP contribution is 2.22. The second kappa shape index (κ2) is 6.13. The first kappa shape index (κ1) is 16.9. The normalized spacial score (nSPS) is 11.3. The first-order valence-electron chi connectivity index (χ1n) is 8.78. The molecule has 140 valence electrons. The van der Waals surface area contributed by atoms with E-state index >= 15 is 0 Å². The SMILES string of the molecule is O=c1[nH]c(=O)c2cc3c(=O)n(-c4ccc(Oc5ccccc5)cc4)c(=O)c3cc12. The van der Waals surface area contributed by atoms with Crippen LogP contribution in [0.3, 0.4) is 0 Å². The molecule has 0 saturated heterocycles. The second-order valence-corrected chi connectivity index (χ2v) is 6.58. The van der Waals surface area contributed by atoms with Crippen LogP contribution in [0.1, 0.15) is 0 Å². The molecule has 0 atom stereocenters. The van der Waals surface area contributed by atoms with Crippen LogP contribution < -0.4 is 27.0 Å². The zero-order valence-corrected chi connectivity index (χ0v) is 14.8. The van der Waals surface area contributed by atoms with Crippen molar-refractivity contribution in [2.24, 2.45) is 0 Å². The molecular weight excluding hydrogens is 372 g/mol. The fourth-order valence-electron chi connectivity index (χ4n) is 3.42. The van der Waals surface area contributed by atoms with Crippen molar-refractivity contribution in [2.45, 2.75) is 0 Å². The summed E-state index contributed by atoms with van der Waals surface area (Å²) in [7, 11) is 0. The van der Waals surface area contributed by atoms with Crippen LogP contribution in [0.4, 0.5) is 0 Å². The quantitative estimate of drug-likeness (QED) is 0.514. The summed E-state index contributed by atoms with van der Waals surface area (Å²) in [5.41, 5.74) is -1.87. The fraction of sp³-hybridized carbons (Fsp3) is 0. The molecule has 2 aromatic heterocycles. The van der Waals surface area contributed by atoms with Crippen LogP contribution >= 0.6 is 0 Å². The predicted molar refractivity (Wildman–Crippen MR) is 109 cm³/mol. The highest BCUT2D eigenvalue weighted by Gasteiger charge is 2.18. The third-order valence-electron chi connectivity index (χ3n) is 4.81. The molecule has 0 bridgehead atoms. The van der Waals surface area contributed by atoms with Crippen molar-refractivity contribution in [1.82, 2.24) is 9.55 Å². The molecule has 29 heavy (non-hydrogen) atoms. The lowest BCUT2D eigenvalue weighted by atomic mass is 10.1. The number of aromatic amines is 1. The molecule has 0 aliphatic rings. The van der Waals surface area contributed by atoms with E-state index in [4.69, 9.17) is 4.74 Å². The van der Waals surface area contributed by atoms with Crippen LogP contribution in [0.5, 0.6) is 11.5 Å². The molecule has 0 aliphatic carbocycles. The van der Waals surface area contributed by atoms with Crippen LogP contribution in [-0.4, -0.2) is 9.55 Å². The van der Waals surface area contributed by atoms with Crippen molar-refractivity contribution in [3.63, 3.8) is 0 Å². The van der Waals surface area contributed by atoms with Gasteiger partial charge in [0.05, 0.1) is 27.2 Å². The molecule has 7 heteroatoms. The Bertz CT molecular complexity index is 1510. The number of fused-ring (bicyclic) bond motifs is 2. The zero-order valence-electron chi connectivity index (χ0n) is 14.8. The number of ether oxygens (including phenoxy) is 1. The van der Waals surface area contributed by atoms with Gasteiger partial charge in [-0.3, -0.25) is 24.2 Å². The Balaban J connectivity index is 1.63. The van der Waals surface area contributed by atoms with Gasteiger partial charge in [0, 0.05) is 0 Å². The number of para-hydroxylation sites is 1. The first-order chi connectivity index (χ1) is 14.0. The number of aromatic nitrogens is 2. The molecule has 0 fully saturated rings. The molecule has 0 unspecified atom stereocenters. The molecular formula is C22H12N2O5. The minimum atomic E-state index is -0.575. The standard InChI is InChI=1S/C22H12N2O5/c25-19-15-10-17-18(11-16(15)20(26)23-19)22(28)24(21(17)27)12-6-8-14(9-7-12)29-13-4-2-1-3-5-13/h1-11H,(H,23,25,26). The van der Waals surface area contributed by atoms with Gasteiger partial charge in [0.1, 0.15) is 11.5 Å². The summed E-state index contributed by atoms with van der Waals surface area (Å²) in [6.07, 6.45) is 0. The van der Waals surface area contributed by atoms with Crippen molar-refractivity contribution in [1.29, 1.82) is 0 Å². The minimum Gasteiger partial charge on any atom is -0.457 e. The van der Waals surface area contributed by atoms with Crippen LogP contribution in [0.2, 0.25) is 0 Å². The lowest BCUT2D eigenvalue weighted by molar-refractivity contribution is 0.482. The molecule has 3 aromatic carbocycles. The van der Waals surface area contributed by atoms with Crippen LogP contribution in [0, 0.1) is 0 Å². The van der Waals surface area contributed by atoms with E-state index in [1.807, 2.05) is 30.3 Å². The molecule has 0 spiro atoms. The summed E-state index contributed by atoms with van der Waals surface area (Å²) in [6, 6.07) is 18.3. The molecule has 0 amide bonds. The van der Waals surface area contributed by atoms with Crippen molar-refractivity contribution < 1.29 is 4.74 Å². The molecule has 5 aromatic rings. The van der Waals surface area contributed by atoms with E-state index < -0.39 is 22.2 Å². The average Bonchev–Trinajstić information content (AvgIpc) is 3.15. The number of nitrogens with zero attached hydrogens (tertiary/aromatic N) is 1.